The van der Waals surface area contributed by atoms with Gasteiger partial charge in [0.15, 0.2) is 0 Å². The van der Waals surface area contributed by atoms with Crippen molar-refractivity contribution in [2.45, 2.75) is 18.9 Å². The predicted molar refractivity (Wildman–Crippen MR) is 102 cm³/mol. The van der Waals surface area contributed by atoms with Gasteiger partial charge in [0.05, 0.1) is 21.8 Å². The Hall–Kier alpha value is -2.43. The fraction of sp³-hybridized carbons (Fsp3) is 0.150. The number of aromatic nitrogens is 2. The van der Waals surface area contributed by atoms with Crippen molar-refractivity contribution in [3.8, 4) is 11.3 Å². The minimum Gasteiger partial charge on any atom is -0.344 e. The second kappa shape index (κ2) is 7.06. The van der Waals surface area contributed by atoms with Crippen LogP contribution in [-0.4, -0.2) is 15.9 Å². The van der Waals surface area contributed by atoms with Crippen molar-refractivity contribution in [1.82, 2.24) is 15.3 Å². The quantitative estimate of drug-likeness (QED) is 0.701. The molecule has 0 unspecified atom stereocenters. The van der Waals surface area contributed by atoms with Gasteiger partial charge in [-0.05, 0) is 42.2 Å². The van der Waals surface area contributed by atoms with Crippen LogP contribution in [0, 0.1) is 0 Å². The molecule has 0 fully saturated rings. The molecule has 0 saturated heterocycles. The van der Waals surface area contributed by atoms with Crippen molar-refractivity contribution in [3.63, 3.8) is 0 Å². The maximum Gasteiger partial charge on any atom is 0.270 e. The van der Waals surface area contributed by atoms with E-state index in [-0.39, 0.29) is 11.9 Å². The number of nitrogens with one attached hydrogen (secondary N) is 1. The lowest BCUT2D eigenvalue weighted by Gasteiger charge is -2.14. The van der Waals surface area contributed by atoms with Gasteiger partial charge in [0.1, 0.15) is 12.0 Å². The average Bonchev–Trinajstić information content (AvgIpc) is 3.07. The number of amides is 1. The Kier molecular flexibility index (Phi) is 4.62. The Morgan fingerprint density at radius 2 is 1.88 bits per heavy atom. The monoisotopic (exact) mass is 383 g/mol. The van der Waals surface area contributed by atoms with Crippen LogP contribution >= 0.6 is 23.2 Å². The number of aryl methyl sites for hydroxylation is 1. The van der Waals surface area contributed by atoms with E-state index >= 15 is 0 Å². The van der Waals surface area contributed by atoms with Gasteiger partial charge in [-0.2, -0.15) is 0 Å². The minimum absolute atomic E-state index is 0.0158. The van der Waals surface area contributed by atoms with E-state index in [1.807, 2.05) is 18.2 Å². The van der Waals surface area contributed by atoms with E-state index in [0.717, 1.165) is 18.4 Å². The van der Waals surface area contributed by atoms with Gasteiger partial charge < -0.3 is 5.32 Å². The molecule has 130 valence electrons. The van der Waals surface area contributed by atoms with E-state index in [0.29, 0.717) is 21.4 Å². The largest absolute Gasteiger partial charge is 0.344 e. The molecule has 0 bridgehead atoms. The number of carbonyl (C=O) groups excluding carboxylic acids is 1. The molecule has 1 aliphatic carbocycles. The summed E-state index contributed by atoms with van der Waals surface area (Å²) >= 11 is 12.0. The summed E-state index contributed by atoms with van der Waals surface area (Å²) in [4.78, 5) is 21.0. The number of nitrogens with zero attached hydrogens (tertiary/aromatic N) is 2. The van der Waals surface area contributed by atoms with Gasteiger partial charge in [0.25, 0.3) is 5.91 Å². The molecule has 1 heterocycles. The van der Waals surface area contributed by atoms with Crippen LogP contribution in [0.1, 0.15) is 34.1 Å². The highest BCUT2D eigenvalue weighted by Gasteiger charge is 2.24. The normalized spacial score (nSPS) is 15.5. The second-order valence-corrected chi connectivity index (χ2v) is 7.00. The van der Waals surface area contributed by atoms with Gasteiger partial charge in [-0.15, -0.1) is 0 Å². The molecule has 0 radical (unpaired) electrons. The van der Waals surface area contributed by atoms with Crippen LogP contribution in [0.5, 0.6) is 0 Å². The van der Waals surface area contributed by atoms with Gasteiger partial charge >= 0.3 is 0 Å². The average molecular weight is 384 g/mol. The maximum atomic E-state index is 12.7. The predicted octanol–water partition coefficient (Wildman–Crippen LogP) is 4.87. The zero-order valence-electron chi connectivity index (χ0n) is 13.7. The van der Waals surface area contributed by atoms with E-state index in [4.69, 9.17) is 23.2 Å². The van der Waals surface area contributed by atoms with Crippen LogP contribution in [0.15, 0.2) is 54.9 Å². The Bertz CT molecular complexity index is 990. The fourth-order valence-electron chi connectivity index (χ4n) is 3.23. The van der Waals surface area contributed by atoms with Crippen molar-refractivity contribution in [2.24, 2.45) is 0 Å². The summed E-state index contributed by atoms with van der Waals surface area (Å²) < 4.78 is 0. The number of benzene rings is 2. The van der Waals surface area contributed by atoms with E-state index < -0.39 is 0 Å². The lowest BCUT2D eigenvalue weighted by molar-refractivity contribution is 0.0931. The van der Waals surface area contributed by atoms with E-state index in [9.17, 15) is 4.79 Å². The molecule has 0 spiro atoms. The summed E-state index contributed by atoms with van der Waals surface area (Å²) in [6.45, 7) is 0. The van der Waals surface area contributed by atoms with Gasteiger partial charge in [0.2, 0.25) is 0 Å². The minimum atomic E-state index is -0.213. The standard InChI is InChI=1S/C20H15Cl2N3O/c21-15-7-5-13(9-16(15)22)18-10-19(24-11-23-18)20(26)25-17-8-6-12-3-1-2-4-14(12)17/h1-5,7,9-11,17H,6,8H2,(H,25,26)/t17-/m1/s1. The molecule has 2 aromatic carbocycles. The molecule has 1 amide bonds. The van der Waals surface area contributed by atoms with Crippen molar-refractivity contribution >= 4 is 29.1 Å². The van der Waals surface area contributed by atoms with Crippen molar-refractivity contribution in [3.05, 3.63) is 81.7 Å². The molecular weight excluding hydrogens is 369 g/mol. The van der Waals surface area contributed by atoms with Gasteiger partial charge in [-0.1, -0.05) is 53.5 Å². The highest BCUT2D eigenvalue weighted by molar-refractivity contribution is 6.42. The molecule has 0 saturated carbocycles. The van der Waals surface area contributed by atoms with Gasteiger partial charge in [0, 0.05) is 5.56 Å². The lowest BCUT2D eigenvalue weighted by Crippen LogP contribution is -2.28. The fourth-order valence-corrected chi connectivity index (χ4v) is 3.53. The number of fused-ring (bicyclic) bond motifs is 1. The number of hydrogen-bond donors (Lipinski definition) is 1. The molecule has 1 aliphatic rings. The lowest BCUT2D eigenvalue weighted by atomic mass is 10.1. The Balaban J connectivity index is 1.57. The SMILES string of the molecule is O=C(N[C@@H]1CCc2ccccc21)c1cc(-c2ccc(Cl)c(Cl)c2)ncn1. The smallest absolute Gasteiger partial charge is 0.270 e. The summed E-state index contributed by atoms with van der Waals surface area (Å²) in [5.74, 6) is -0.213. The van der Waals surface area contributed by atoms with Gasteiger partial charge in [-0.25, -0.2) is 9.97 Å². The zero-order chi connectivity index (χ0) is 18.1. The van der Waals surface area contributed by atoms with Crippen LogP contribution in [0.2, 0.25) is 10.0 Å². The van der Waals surface area contributed by atoms with Crippen LogP contribution in [0.3, 0.4) is 0 Å². The van der Waals surface area contributed by atoms with Gasteiger partial charge in [-0.3, -0.25) is 4.79 Å². The molecule has 1 aromatic heterocycles. The molecule has 1 N–H and O–H groups in total. The summed E-state index contributed by atoms with van der Waals surface area (Å²) in [5, 5.41) is 3.99. The molecule has 1 atom stereocenters. The molecule has 3 aromatic rings. The van der Waals surface area contributed by atoms with Crippen molar-refractivity contribution in [1.29, 1.82) is 0 Å². The topological polar surface area (TPSA) is 54.9 Å². The third kappa shape index (κ3) is 3.30. The van der Waals surface area contributed by atoms with Crippen molar-refractivity contribution in [2.75, 3.05) is 0 Å². The van der Waals surface area contributed by atoms with Crippen LogP contribution in [0.25, 0.3) is 11.3 Å². The van der Waals surface area contributed by atoms with E-state index in [2.05, 4.69) is 27.4 Å². The van der Waals surface area contributed by atoms with E-state index in [1.165, 1.54) is 17.5 Å². The molecule has 0 aliphatic heterocycles. The summed E-state index contributed by atoms with van der Waals surface area (Å²) in [5.41, 5.74) is 4.19. The first kappa shape index (κ1) is 17.0. The highest BCUT2D eigenvalue weighted by atomic mass is 35.5. The zero-order valence-corrected chi connectivity index (χ0v) is 15.3. The number of carbonyl (C=O) groups is 1. The maximum absolute atomic E-state index is 12.7. The third-order valence-electron chi connectivity index (χ3n) is 4.55. The highest BCUT2D eigenvalue weighted by Crippen LogP contribution is 2.31. The summed E-state index contributed by atoms with van der Waals surface area (Å²) in [6.07, 6.45) is 3.25. The second-order valence-electron chi connectivity index (χ2n) is 6.18. The third-order valence-corrected chi connectivity index (χ3v) is 5.29. The number of halogens is 2. The Morgan fingerprint density at radius 3 is 2.73 bits per heavy atom. The molecule has 26 heavy (non-hydrogen) atoms. The molecule has 4 nitrogen and oxygen atoms in total. The summed E-state index contributed by atoms with van der Waals surface area (Å²) in [6, 6.07) is 15.1. The first-order valence-electron chi connectivity index (χ1n) is 8.28. The van der Waals surface area contributed by atoms with Crippen LogP contribution in [-0.2, 0) is 6.42 Å². The first-order chi connectivity index (χ1) is 12.6. The first-order valence-corrected chi connectivity index (χ1v) is 9.03. The Morgan fingerprint density at radius 1 is 1.04 bits per heavy atom. The van der Waals surface area contributed by atoms with Crippen LogP contribution in [0.4, 0.5) is 0 Å². The van der Waals surface area contributed by atoms with E-state index in [1.54, 1.807) is 18.2 Å². The van der Waals surface area contributed by atoms with Crippen molar-refractivity contribution < 1.29 is 4.79 Å². The molecule has 6 heteroatoms. The Labute approximate surface area is 161 Å². The number of rotatable bonds is 3. The molecule has 4 rings (SSSR count). The number of hydrogen-bond acceptors (Lipinski definition) is 3. The van der Waals surface area contributed by atoms with Crippen LogP contribution < -0.4 is 5.32 Å². The molecular formula is C20H15Cl2N3O. The summed E-state index contributed by atoms with van der Waals surface area (Å²) in [7, 11) is 0.